The van der Waals surface area contributed by atoms with E-state index in [4.69, 9.17) is 29.9 Å². The van der Waals surface area contributed by atoms with Crippen molar-refractivity contribution >= 4 is 61.7 Å². The number of fused-ring (bicyclic) bond motifs is 4. The van der Waals surface area contributed by atoms with E-state index in [9.17, 15) is 0 Å². The van der Waals surface area contributed by atoms with E-state index < -0.39 is 0 Å². The van der Waals surface area contributed by atoms with Crippen molar-refractivity contribution in [2.45, 2.75) is 26.1 Å². The quantitative estimate of drug-likeness (QED) is 0.147. The molecule has 0 amide bonds. The van der Waals surface area contributed by atoms with Crippen LogP contribution in [0.4, 0.5) is 0 Å². The number of rotatable bonds is 9. The number of hydrogen-bond acceptors (Lipinski definition) is 7. The van der Waals surface area contributed by atoms with Gasteiger partial charge in [0.05, 0.1) is 34.0 Å². The van der Waals surface area contributed by atoms with Crippen LogP contribution in [0.3, 0.4) is 0 Å². The minimum atomic E-state index is -0.339. The molecule has 0 spiro atoms. The Morgan fingerprint density at radius 3 is 1.98 bits per heavy atom. The molecule has 8 aromatic rings. The average molecular weight is 840 g/mol. The molecule has 3 aromatic heterocycles. The minimum Gasteiger partial charge on any atom is -0.359 e. The predicted molar refractivity (Wildman–Crippen MR) is 269 cm³/mol. The Kier molecular flexibility index (Phi) is 10.5. The number of allylic oxidation sites excluding steroid dienone is 5. The van der Waals surface area contributed by atoms with Crippen LogP contribution in [0.2, 0.25) is 0 Å². The summed E-state index contributed by atoms with van der Waals surface area (Å²) in [6.07, 6.45) is 22.8. The molecule has 65 heavy (non-hydrogen) atoms. The Balaban J connectivity index is 0.899. The lowest BCUT2D eigenvalue weighted by Crippen LogP contribution is -2.25. The van der Waals surface area contributed by atoms with E-state index in [0.717, 1.165) is 94.5 Å². The van der Waals surface area contributed by atoms with Crippen LogP contribution in [0, 0.1) is 11.8 Å². The topological polar surface area (TPSA) is 87.8 Å². The maximum atomic E-state index is 5.30. The second-order valence-corrected chi connectivity index (χ2v) is 16.9. The van der Waals surface area contributed by atoms with Gasteiger partial charge in [-0.25, -0.2) is 0 Å². The summed E-state index contributed by atoms with van der Waals surface area (Å²) < 4.78 is 0. The maximum Gasteiger partial charge on any atom is 0.146 e. The predicted octanol–water partition coefficient (Wildman–Crippen LogP) is 12.7. The Bertz CT molecular complexity index is 3390. The Morgan fingerprint density at radius 1 is 0.631 bits per heavy atom. The van der Waals surface area contributed by atoms with Crippen molar-refractivity contribution in [1.82, 2.24) is 20.3 Å². The first-order valence-electron chi connectivity index (χ1n) is 22.2. The normalized spacial score (nSPS) is 18.8. The summed E-state index contributed by atoms with van der Waals surface area (Å²) >= 11 is 0. The van der Waals surface area contributed by atoms with Gasteiger partial charge in [0.15, 0.2) is 0 Å². The van der Waals surface area contributed by atoms with Crippen LogP contribution in [0.15, 0.2) is 221 Å². The first-order valence-corrected chi connectivity index (χ1v) is 22.2. The van der Waals surface area contributed by atoms with Crippen LogP contribution in [0.25, 0.3) is 55.2 Å². The molecule has 5 aromatic carbocycles. The molecule has 3 unspecified atom stereocenters. The van der Waals surface area contributed by atoms with Crippen LogP contribution in [0.1, 0.15) is 47.8 Å². The monoisotopic (exact) mass is 839 g/mol. The van der Waals surface area contributed by atoms with Gasteiger partial charge in [0, 0.05) is 80.9 Å². The van der Waals surface area contributed by atoms with Crippen LogP contribution < -0.4 is 5.32 Å². The lowest BCUT2D eigenvalue weighted by Gasteiger charge is -2.25. The molecule has 0 bridgehead atoms. The summed E-state index contributed by atoms with van der Waals surface area (Å²) in [5.74, 6) is 0.361. The fourth-order valence-electron chi connectivity index (χ4n) is 8.81. The van der Waals surface area contributed by atoms with E-state index in [1.54, 1.807) is 0 Å². The molecule has 0 saturated carbocycles. The molecule has 7 nitrogen and oxygen atoms in total. The van der Waals surface area contributed by atoms with Crippen molar-refractivity contribution in [1.29, 1.82) is 0 Å². The third-order valence-electron chi connectivity index (χ3n) is 12.5. The minimum absolute atomic E-state index is 0.0929. The van der Waals surface area contributed by atoms with Crippen molar-refractivity contribution in [3.63, 3.8) is 0 Å². The number of aromatic nitrogens is 3. The molecule has 1 aliphatic carbocycles. The molecule has 11 rings (SSSR count). The highest BCUT2D eigenvalue weighted by atomic mass is 15.1. The van der Waals surface area contributed by atoms with Gasteiger partial charge in [0.2, 0.25) is 0 Å². The van der Waals surface area contributed by atoms with E-state index in [0.29, 0.717) is 0 Å². The van der Waals surface area contributed by atoms with Crippen molar-refractivity contribution in [2.24, 2.45) is 26.8 Å². The lowest BCUT2D eigenvalue weighted by atomic mass is 9.87. The standard InChI is InChI=1S/C58H45N7/c1-37(47-28-43-11-3-7-15-51(43)59-33-47)27-55(63-38(2)48-29-44-12-4-8-16-52(44)60-34-48)41-23-19-39(20-24-41)40-21-25-42(26-22-40)56-32-57(49-30-45-13-5-9-17-53(45)61-35-49)65-58(64-56)50-31-46-14-6-10-18-54(46)62-36-50/h3-37,43,51,58,64H,1-2H3/b55-27-,63-38?/t37-,43?,51?,58?/m0/s1. The van der Waals surface area contributed by atoms with E-state index in [1.807, 2.05) is 79.4 Å². The van der Waals surface area contributed by atoms with Gasteiger partial charge in [-0.3, -0.25) is 29.9 Å². The van der Waals surface area contributed by atoms with Gasteiger partial charge in [0.25, 0.3) is 0 Å². The summed E-state index contributed by atoms with van der Waals surface area (Å²) in [6, 6.07) is 48.7. The number of nitrogens with one attached hydrogen (secondary N) is 1. The fraction of sp³-hybridized carbons (Fsp3) is 0.103. The zero-order valence-electron chi connectivity index (χ0n) is 36.1. The summed E-state index contributed by atoms with van der Waals surface area (Å²) in [6.45, 7) is 4.29. The zero-order valence-corrected chi connectivity index (χ0v) is 36.1. The SMILES string of the molecule is CC(=N/C(=C\[C@H](C)C1=CC2C=CC=CC2N=C1)c1ccc(-c2ccc(C3=CC(c4cnc5ccccc5c4)=NC(c4cnc5ccccc5c4)N3)cc2)cc1)c1cnc2ccccc2c1. The molecule has 312 valence electrons. The number of aliphatic imine (C=N–C) groups is 3. The highest BCUT2D eigenvalue weighted by Crippen LogP contribution is 2.32. The summed E-state index contributed by atoms with van der Waals surface area (Å²) in [7, 11) is 0. The number of benzene rings is 5. The van der Waals surface area contributed by atoms with E-state index in [1.165, 1.54) is 5.57 Å². The lowest BCUT2D eigenvalue weighted by molar-refractivity contribution is 0.662. The first-order chi connectivity index (χ1) is 32.0. The maximum absolute atomic E-state index is 5.30. The number of nitrogens with zero attached hydrogens (tertiary/aromatic N) is 6. The third-order valence-corrected chi connectivity index (χ3v) is 12.5. The van der Waals surface area contributed by atoms with Crippen LogP contribution >= 0.6 is 0 Å². The van der Waals surface area contributed by atoms with Gasteiger partial charge in [-0.05, 0) is 77.2 Å². The molecule has 0 radical (unpaired) electrons. The van der Waals surface area contributed by atoms with Gasteiger partial charge < -0.3 is 5.32 Å². The summed E-state index contributed by atoms with van der Waals surface area (Å²) in [4.78, 5) is 29.7. The molecule has 5 heterocycles. The van der Waals surface area contributed by atoms with Gasteiger partial charge in [-0.1, -0.05) is 147 Å². The molecule has 2 aliphatic heterocycles. The zero-order chi connectivity index (χ0) is 43.7. The average Bonchev–Trinajstić information content (AvgIpc) is 3.37. The first kappa shape index (κ1) is 39.7. The Labute approximate surface area is 378 Å². The van der Waals surface area contributed by atoms with Crippen molar-refractivity contribution in [3.05, 3.63) is 234 Å². The van der Waals surface area contributed by atoms with Crippen molar-refractivity contribution in [3.8, 4) is 11.1 Å². The van der Waals surface area contributed by atoms with E-state index in [-0.39, 0.29) is 24.0 Å². The van der Waals surface area contributed by atoms with Gasteiger partial charge in [-0.15, -0.1) is 0 Å². The molecule has 4 atom stereocenters. The Morgan fingerprint density at radius 2 is 1.25 bits per heavy atom. The largest absolute Gasteiger partial charge is 0.359 e. The molecule has 0 saturated heterocycles. The summed E-state index contributed by atoms with van der Waals surface area (Å²) in [5.41, 5.74) is 15.0. The van der Waals surface area contributed by atoms with Crippen LogP contribution in [0.5, 0.6) is 0 Å². The van der Waals surface area contributed by atoms with Crippen molar-refractivity contribution in [2.75, 3.05) is 0 Å². The second kappa shape index (κ2) is 17.2. The van der Waals surface area contributed by atoms with Gasteiger partial charge in [-0.2, -0.15) is 0 Å². The number of hydrogen-bond donors (Lipinski definition) is 1. The number of dihydropyridines is 1. The van der Waals surface area contributed by atoms with Gasteiger partial charge >= 0.3 is 0 Å². The fourth-order valence-corrected chi connectivity index (χ4v) is 8.81. The highest BCUT2D eigenvalue weighted by molar-refractivity contribution is 6.14. The number of para-hydroxylation sites is 3. The molecule has 7 heteroatoms. The Hall–Kier alpha value is -8.16. The molecule has 3 aliphatic rings. The van der Waals surface area contributed by atoms with Crippen LogP contribution in [-0.4, -0.2) is 38.6 Å². The third kappa shape index (κ3) is 8.28. The van der Waals surface area contributed by atoms with E-state index >= 15 is 0 Å². The van der Waals surface area contributed by atoms with Gasteiger partial charge in [0.1, 0.15) is 6.17 Å². The molecule has 1 N–H and O–H groups in total. The summed E-state index contributed by atoms with van der Waals surface area (Å²) in [5, 5.41) is 6.97. The van der Waals surface area contributed by atoms with Crippen molar-refractivity contribution < 1.29 is 0 Å². The molecule has 0 fully saturated rings. The molecular formula is C58H45N7. The van der Waals surface area contributed by atoms with Crippen LogP contribution in [-0.2, 0) is 0 Å². The number of pyridine rings is 3. The highest BCUT2D eigenvalue weighted by Gasteiger charge is 2.23. The molecular weight excluding hydrogens is 795 g/mol. The second-order valence-electron chi connectivity index (χ2n) is 16.9. The smallest absolute Gasteiger partial charge is 0.146 e. The van der Waals surface area contributed by atoms with E-state index in [2.05, 4.69) is 147 Å².